The first-order valence-electron chi connectivity index (χ1n) is 7.73. The van der Waals surface area contributed by atoms with Crippen LogP contribution in [0.15, 0.2) is 30.3 Å². The summed E-state index contributed by atoms with van der Waals surface area (Å²) in [5.74, 6) is 0.672. The zero-order valence-corrected chi connectivity index (χ0v) is 13.2. The Morgan fingerprint density at radius 2 is 1.85 bits per heavy atom. The van der Waals surface area contributed by atoms with Crippen LogP contribution in [0, 0.1) is 11.3 Å². The van der Waals surface area contributed by atoms with Gasteiger partial charge in [-0.3, -0.25) is 4.79 Å². The van der Waals surface area contributed by atoms with Gasteiger partial charge in [0.25, 0.3) is 0 Å². The molecule has 2 rings (SSSR count). The van der Waals surface area contributed by atoms with E-state index in [1.54, 1.807) is 0 Å². The summed E-state index contributed by atoms with van der Waals surface area (Å²) in [4.78, 5) is 14.5. The van der Waals surface area contributed by atoms with E-state index in [0.717, 1.165) is 25.8 Å². The van der Waals surface area contributed by atoms with Crippen molar-refractivity contribution >= 4 is 5.91 Å². The zero-order valence-electron chi connectivity index (χ0n) is 13.2. The van der Waals surface area contributed by atoms with Crippen molar-refractivity contribution in [3.05, 3.63) is 35.9 Å². The van der Waals surface area contributed by atoms with Gasteiger partial charge in [0.05, 0.1) is 0 Å². The maximum absolute atomic E-state index is 12.4. The van der Waals surface area contributed by atoms with Gasteiger partial charge in [-0.2, -0.15) is 0 Å². The van der Waals surface area contributed by atoms with Crippen LogP contribution in [0.1, 0.15) is 46.1 Å². The Kier molecular flexibility index (Phi) is 4.52. The molecular weight excluding hydrogens is 246 g/mol. The van der Waals surface area contributed by atoms with Crippen molar-refractivity contribution in [2.24, 2.45) is 11.3 Å². The van der Waals surface area contributed by atoms with Gasteiger partial charge in [-0.05, 0) is 44.1 Å². The van der Waals surface area contributed by atoms with Crippen molar-refractivity contribution in [3.63, 3.8) is 0 Å². The maximum atomic E-state index is 12.4. The van der Waals surface area contributed by atoms with E-state index in [1.165, 1.54) is 5.56 Å². The van der Waals surface area contributed by atoms with Gasteiger partial charge in [-0.25, -0.2) is 0 Å². The molecule has 0 spiro atoms. The van der Waals surface area contributed by atoms with Crippen molar-refractivity contribution in [2.75, 3.05) is 6.54 Å². The highest BCUT2D eigenvalue weighted by molar-refractivity contribution is 5.81. The minimum atomic E-state index is 0.107. The fraction of sp³-hybridized carbons (Fsp3) is 0.611. The monoisotopic (exact) mass is 273 g/mol. The van der Waals surface area contributed by atoms with Crippen LogP contribution in [0.5, 0.6) is 0 Å². The summed E-state index contributed by atoms with van der Waals surface area (Å²) in [7, 11) is 0. The molecule has 0 aromatic heterocycles. The van der Waals surface area contributed by atoms with Crippen LogP contribution >= 0.6 is 0 Å². The lowest BCUT2D eigenvalue weighted by Gasteiger charge is -2.35. The van der Waals surface area contributed by atoms with Crippen LogP contribution < -0.4 is 0 Å². The van der Waals surface area contributed by atoms with Gasteiger partial charge >= 0.3 is 0 Å². The molecule has 2 nitrogen and oxygen atoms in total. The minimum absolute atomic E-state index is 0.107. The van der Waals surface area contributed by atoms with Crippen LogP contribution in [-0.4, -0.2) is 23.4 Å². The molecule has 1 fully saturated rings. The fourth-order valence-corrected chi connectivity index (χ4v) is 2.75. The lowest BCUT2D eigenvalue weighted by molar-refractivity contribution is -0.135. The SMILES string of the molecule is CC(C)N(CC(C)(C)Cc1ccccc1)C(=O)C1CC1. The summed E-state index contributed by atoms with van der Waals surface area (Å²) in [6, 6.07) is 10.8. The number of carbonyl (C=O) groups is 1. The fourth-order valence-electron chi connectivity index (χ4n) is 2.75. The largest absolute Gasteiger partial charge is 0.339 e. The molecule has 0 saturated heterocycles. The van der Waals surface area contributed by atoms with E-state index in [-0.39, 0.29) is 11.5 Å². The Labute approximate surface area is 123 Å². The zero-order chi connectivity index (χ0) is 14.8. The van der Waals surface area contributed by atoms with Gasteiger partial charge in [-0.1, -0.05) is 44.2 Å². The molecule has 0 N–H and O–H groups in total. The molecule has 1 aromatic carbocycles. The predicted octanol–water partition coefficient (Wildman–Crippen LogP) is 3.90. The van der Waals surface area contributed by atoms with Crippen LogP contribution in [0.3, 0.4) is 0 Å². The molecule has 0 radical (unpaired) electrons. The number of hydrogen-bond donors (Lipinski definition) is 0. The molecule has 1 aliphatic rings. The lowest BCUT2D eigenvalue weighted by Crippen LogP contribution is -2.44. The average Bonchev–Trinajstić information content (AvgIpc) is 3.20. The summed E-state index contributed by atoms with van der Waals surface area (Å²) in [6.45, 7) is 9.61. The van der Waals surface area contributed by atoms with E-state index in [9.17, 15) is 4.79 Å². The molecule has 0 atom stereocenters. The minimum Gasteiger partial charge on any atom is -0.339 e. The van der Waals surface area contributed by atoms with Gasteiger partial charge < -0.3 is 4.90 Å². The average molecular weight is 273 g/mol. The van der Waals surface area contributed by atoms with Gasteiger partial charge in [0, 0.05) is 18.5 Å². The second-order valence-corrected chi connectivity index (χ2v) is 7.16. The molecule has 1 saturated carbocycles. The Hall–Kier alpha value is -1.31. The highest BCUT2D eigenvalue weighted by atomic mass is 16.2. The summed E-state index contributed by atoms with van der Waals surface area (Å²) >= 11 is 0. The van der Waals surface area contributed by atoms with E-state index in [1.807, 2.05) is 6.07 Å². The molecule has 0 heterocycles. The molecule has 1 amide bonds. The smallest absolute Gasteiger partial charge is 0.225 e. The molecule has 0 aliphatic heterocycles. The second kappa shape index (κ2) is 5.99. The summed E-state index contributed by atoms with van der Waals surface area (Å²) in [5.41, 5.74) is 1.45. The van der Waals surface area contributed by atoms with E-state index in [2.05, 4.69) is 56.9 Å². The molecular formula is C18H27NO. The molecule has 1 aromatic rings. The molecule has 0 unspecified atom stereocenters. The first-order valence-corrected chi connectivity index (χ1v) is 7.73. The Morgan fingerprint density at radius 1 is 1.25 bits per heavy atom. The lowest BCUT2D eigenvalue weighted by atomic mass is 9.84. The van der Waals surface area contributed by atoms with Gasteiger partial charge in [0.15, 0.2) is 0 Å². The van der Waals surface area contributed by atoms with Crippen LogP contribution in [0.25, 0.3) is 0 Å². The third kappa shape index (κ3) is 4.09. The molecule has 110 valence electrons. The number of carbonyl (C=O) groups excluding carboxylic acids is 1. The highest BCUT2D eigenvalue weighted by Crippen LogP contribution is 2.33. The molecule has 20 heavy (non-hydrogen) atoms. The van der Waals surface area contributed by atoms with Gasteiger partial charge in [0.1, 0.15) is 0 Å². The number of benzene rings is 1. The highest BCUT2D eigenvalue weighted by Gasteiger charge is 2.36. The maximum Gasteiger partial charge on any atom is 0.225 e. The number of amides is 1. The van der Waals surface area contributed by atoms with Crippen molar-refractivity contribution in [2.45, 2.75) is 53.0 Å². The normalized spacial score (nSPS) is 15.4. The number of nitrogens with zero attached hydrogens (tertiary/aromatic N) is 1. The summed E-state index contributed by atoms with van der Waals surface area (Å²) in [6.07, 6.45) is 3.18. The van der Waals surface area contributed by atoms with Gasteiger partial charge in [0.2, 0.25) is 5.91 Å². The second-order valence-electron chi connectivity index (χ2n) is 7.16. The molecule has 1 aliphatic carbocycles. The Bertz CT molecular complexity index is 446. The quantitative estimate of drug-likeness (QED) is 0.769. The number of hydrogen-bond acceptors (Lipinski definition) is 1. The van der Waals surface area contributed by atoms with Crippen LogP contribution in [0.2, 0.25) is 0 Å². The van der Waals surface area contributed by atoms with Crippen LogP contribution in [0.4, 0.5) is 0 Å². The van der Waals surface area contributed by atoms with E-state index in [0.29, 0.717) is 11.8 Å². The summed E-state index contributed by atoms with van der Waals surface area (Å²) < 4.78 is 0. The standard InChI is InChI=1S/C18H27NO/c1-14(2)19(17(20)16-10-11-16)13-18(3,4)12-15-8-6-5-7-9-15/h5-9,14,16H,10-13H2,1-4H3. The third-order valence-corrected chi connectivity index (χ3v) is 3.96. The topological polar surface area (TPSA) is 20.3 Å². The van der Waals surface area contributed by atoms with Crippen molar-refractivity contribution in [1.29, 1.82) is 0 Å². The Balaban J connectivity index is 2.02. The van der Waals surface area contributed by atoms with Crippen molar-refractivity contribution in [3.8, 4) is 0 Å². The van der Waals surface area contributed by atoms with Crippen molar-refractivity contribution < 1.29 is 4.79 Å². The Morgan fingerprint density at radius 3 is 2.35 bits per heavy atom. The van der Waals surface area contributed by atoms with E-state index < -0.39 is 0 Å². The van der Waals surface area contributed by atoms with E-state index >= 15 is 0 Å². The molecule has 0 bridgehead atoms. The van der Waals surface area contributed by atoms with Crippen LogP contribution in [-0.2, 0) is 11.2 Å². The first-order chi connectivity index (χ1) is 9.39. The number of rotatable bonds is 6. The van der Waals surface area contributed by atoms with E-state index in [4.69, 9.17) is 0 Å². The summed E-state index contributed by atoms with van der Waals surface area (Å²) in [5, 5.41) is 0. The third-order valence-electron chi connectivity index (χ3n) is 3.96. The predicted molar refractivity (Wildman–Crippen MR) is 83.5 cm³/mol. The first kappa shape index (κ1) is 15.1. The molecule has 2 heteroatoms. The van der Waals surface area contributed by atoms with Crippen molar-refractivity contribution in [1.82, 2.24) is 4.90 Å². The van der Waals surface area contributed by atoms with Gasteiger partial charge in [-0.15, -0.1) is 0 Å².